The maximum absolute atomic E-state index is 6.07. The quantitative estimate of drug-likeness (QED) is 0.603. The van der Waals surface area contributed by atoms with Crippen molar-refractivity contribution >= 4 is 45.7 Å². The molecule has 110 valence electrons. The van der Waals surface area contributed by atoms with E-state index in [1.165, 1.54) is 0 Å². The Bertz CT molecular complexity index is 763. The summed E-state index contributed by atoms with van der Waals surface area (Å²) in [7, 11) is 0. The number of aryl methyl sites for hydroxylation is 2. The number of hydrogen-bond acceptors (Lipinski definition) is 4. The number of hydrogen-bond donors (Lipinski definition) is 0. The molecule has 3 rings (SSSR count). The number of imidazole rings is 1. The molecule has 3 aromatic rings. The van der Waals surface area contributed by atoms with Crippen molar-refractivity contribution in [1.82, 2.24) is 14.5 Å². The van der Waals surface area contributed by atoms with Crippen molar-refractivity contribution in [3.63, 3.8) is 0 Å². The Morgan fingerprint density at radius 1 is 1.33 bits per heavy atom. The number of aromatic nitrogens is 3. The molecule has 3 nitrogen and oxygen atoms in total. The average molecular weight is 338 g/mol. The Morgan fingerprint density at radius 2 is 2.19 bits per heavy atom. The third kappa shape index (κ3) is 3.25. The monoisotopic (exact) mass is 337 g/mol. The molecule has 0 aliphatic carbocycles. The molecule has 2 aromatic heterocycles. The zero-order valence-corrected chi connectivity index (χ0v) is 14.4. The molecule has 0 amide bonds. The van der Waals surface area contributed by atoms with Gasteiger partial charge < -0.3 is 4.57 Å². The fourth-order valence-electron chi connectivity index (χ4n) is 2.24. The van der Waals surface area contributed by atoms with Gasteiger partial charge >= 0.3 is 0 Å². The van der Waals surface area contributed by atoms with Crippen LogP contribution in [0.4, 0.5) is 0 Å². The molecule has 0 N–H and O–H groups in total. The zero-order chi connectivity index (χ0) is 14.8. The molecule has 0 bridgehead atoms. The minimum absolute atomic E-state index is 0.732. The predicted octanol–water partition coefficient (Wildman–Crippen LogP) is 5.16. The van der Waals surface area contributed by atoms with E-state index in [0.29, 0.717) is 0 Å². The van der Waals surface area contributed by atoms with E-state index in [-0.39, 0.29) is 0 Å². The topological polar surface area (TPSA) is 30.7 Å². The number of nitrogens with zero attached hydrogens (tertiary/aromatic N) is 3. The van der Waals surface area contributed by atoms with E-state index in [9.17, 15) is 0 Å². The van der Waals surface area contributed by atoms with E-state index >= 15 is 0 Å². The summed E-state index contributed by atoms with van der Waals surface area (Å²) in [5, 5.41) is 5.00. The lowest BCUT2D eigenvalue weighted by atomic mass is 10.3. The summed E-state index contributed by atoms with van der Waals surface area (Å²) < 4.78 is 2.27. The number of fused-ring (bicyclic) bond motifs is 1. The van der Waals surface area contributed by atoms with Crippen LogP contribution >= 0.6 is 34.7 Å². The van der Waals surface area contributed by atoms with Gasteiger partial charge in [-0.3, -0.25) is 0 Å². The minimum atomic E-state index is 0.732. The van der Waals surface area contributed by atoms with Gasteiger partial charge in [0.1, 0.15) is 0 Å². The molecule has 0 aliphatic heterocycles. The molecular formula is C15H16ClN3S2. The molecular weight excluding hydrogens is 322 g/mol. The SMILES string of the molecule is CCCn1c(SCc2csc(C)n2)nc2cc(Cl)ccc21. The second kappa shape index (κ2) is 6.38. The first-order valence-corrected chi connectivity index (χ1v) is 9.11. The molecule has 0 saturated heterocycles. The molecule has 0 atom stereocenters. The summed E-state index contributed by atoms with van der Waals surface area (Å²) in [6, 6.07) is 5.91. The molecule has 2 heterocycles. The van der Waals surface area contributed by atoms with Gasteiger partial charge in [0.15, 0.2) is 5.16 Å². The summed E-state index contributed by atoms with van der Waals surface area (Å²) >= 11 is 9.50. The van der Waals surface area contributed by atoms with Crippen LogP contribution in [0.25, 0.3) is 11.0 Å². The van der Waals surface area contributed by atoms with Crippen LogP contribution in [0.3, 0.4) is 0 Å². The van der Waals surface area contributed by atoms with E-state index in [0.717, 1.165) is 50.6 Å². The van der Waals surface area contributed by atoms with Crippen LogP contribution in [0.5, 0.6) is 0 Å². The molecule has 0 radical (unpaired) electrons. The molecule has 0 saturated carbocycles. The first-order chi connectivity index (χ1) is 10.2. The van der Waals surface area contributed by atoms with E-state index < -0.39 is 0 Å². The van der Waals surface area contributed by atoms with Gasteiger partial charge in [-0.25, -0.2) is 9.97 Å². The first-order valence-electron chi connectivity index (χ1n) is 6.87. The third-order valence-corrected chi connectivity index (χ3v) is 5.21. The van der Waals surface area contributed by atoms with Crippen molar-refractivity contribution in [2.24, 2.45) is 0 Å². The van der Waals surface area contributed by atoms with E-state index in [1.807, 2.05) is 19.1 Å². The number of thiazole rings is 1. The highest BCUT2D eigenvalue weighted by Gasteiger charge is 2.12. The largest absolute Gasteiger partial charge is 0.319 e. The van der Waals surface area contributed by atoms with Crippen LogP contribution in [0.2, 0.25) is 5.02 Å². The lowest BCUT2D eigenvalue weighted by Crippen LogP contribution is -1.98. The van der Waals surface area contributed by atoms with E-state index in [4.69, 9.17) is 16.6 Å². The molecule has 1 aromatic carbocycles. The van der Waals surface area contributed by atoms with Crippen LogP contribution in [-0.4, -0.2) is 14.5 Å². The van der Waals surface area contributed by atoms with Crippen molar-refractivity contribution in [3.8, 4) is 0 Å². The van der Waals surface area contributed by atoms with Gasteiger partial charge in [0.05, 0.1) is 21.7 Å². The van der Waals surface area contributed by atoms with Gasteiger partial charge in [0, 0.05) is 22.7 Å². The lowest BCUT2D eigenvalue weighted by Gasteiger charge is -2.06. The highest BCUT2D eigenvalue weighted by atomic mass is 35.5. The van der Waals surface area contributed by atoms with E-state index in [2.05, 4.69) is 27.9 Å². The number of halogens is 1. The molecule has 6 heteroatoms. The summed E-state index contributed by atoms with van der Waals surface area (Å²) in [6.45, 7) is 5.18. The van der Waals surface area contributed by atoms with Crippen molar-refractivity contribution in [3.05, 3.63) is 39.3 Å². The van der Waals surface area contributed by atoms with Crippen molar-refractivity contribution in [2.75, 3.05) is 0 Å². The van der Waals surface area contributed by atoms with Crippen molar-refractivity contribution in [1.29, 1.82) is 0 Å². The number of rotatable bonds is 5. The Kier molecular flexibility index (Phi) is 4.52. The Labute approximate surface area is 137 Å². The van der Waals surface area contributed by atoms with Gasteiger partial charge in [0.25, 0.3) is 0 Å². The highest BCUT2D eigenvalue weighted by Crippen LogP contribution is 2.28. The molecule has 0 fully saturated rings. The fourth-order valence-corrected chi connectivity index (χ4v) is 4.06. The minimum Gasteiger partial charge on any atom is -0.319 e. The number of thioether (sulfide) groups is 1. The second-order valence-corrected chi connectivity index (χ2v) is 7.27. The van der Waals surface area contributed by atoms with E-state index in [1.54, 1.807) is 23.1 Å². The maximum atomic E-state index is 6.07. The second-order valence-electron chi connectivity index (χ2n) is 4.83. The van der Waals surface area contributed by atoms with Crippen LogP contribution in [0, 0.1) is 6.92 Å². The normalized spacial score (nSPS) is 11.4. The Hall–Kier alpha value is -1.04. The molecule has 21 heavy (non-hydrogen) atoms. The summed E-state index contributed by atoms with van der Waals surface area (Å²) in [6.07, 6.45) is 1.08. The maximum Gasteiger partial charge on any atom is 0.169 e. The number of benzene rings is 1. The summed E-state index contributed by atoms with van der Waals surface area (Å²) in [5.74, 6) is 0.852. The first kappa shape index (κ1) is 14.9. The van der Waals surface area contributed by atoms with Crippen LogP contribution < -0.4 is 0 Å². The smallest absolute Gasteiger partial charge is 0.169 e. The van der Waals surface area contributed by atoms with Gasteiger partial charge in [-0.1, -0.05) is 30.3 Å². The summed E-state index contributed by atoms with van der Waals surface area (Å²) in [5.41, 5.74) is 3.24. The van der Waals surface area contributed by atoms with Gasteiger partial charge in [-0.15, -0.1) is 11.3 Å². The third-order valence-electron chi connectivity index (χ3n) is 3.14. The van der Waals surface area contributed by atoms with Gasteiger partial charge in [0.2, 0.25) is 0 Å². The van der Waals surface area contributed by atoms with Crippen LogP contribution in [0.1, 0.15) is 24.0 Å². The van der Waals surface area contributed by atoms with Crippen molar-refractivity contribution in [2.45, 2.75) is 37.7 Å². The standard InChI is InChI=1S/C15H16ClN3S2/c1-3-6-19-14-5-4-11(16)7-13(14)18-15(19)21-9-12-8-20-10(2)17-12/h4-5,7-8H,3,6,9H2,1-2H3. The molecule has 0 aliphatic rings. The molecule has 0 spiro atoms. The zero-order valence-electron chi connectivity index (χ0n) is 12.0. The van der Waals surface area contributed by atoms with Crippen LogP contribution in [0.15, 0.2) is 28.7 Å². The van der Waals surface area contributed by atoms with Crippen LogP contribution in [-0.2, 0) is 12.3 Å². The summed E-state index contributed by atoms with van der Waals surface area (Å²) in [4.78, 5) is 9.24. The fraction of sp³-hybridized carbons (Fsp3) is 0.333. The average Bonchev–Trinajstić information content (AvgIpc) is 3.01. The van der Waals surface area contributed by atoms with Crippen molar-refractivity contribution < 1.29 is 0 Å². The van der Waals surface area contributed by atoms with Gasteiger partial charge in [-0.05, 0) is 31.5 Å². The lowest BCUT2D eigenvalue weighted by molar-refractivity contribution is 0.638. The Morgan fingerprint density at radius 3 is 2.90 bits per heavy atom. The predicted molar refractivity (Wildman–Crippen MR) is 91.4 cm³/mol. The van der Waals surface area contributed by atoms with Gasteiger partial charge in [-0.2, -0.15) is 0 Å². The highest BCUT2D eigenvalue weighted by molar-refractivity contribution is 7.98. The Balaban J connectivity index is 1.90. The molecule has 0 unspecified atom stereocenters.